The summed E-state index contributed by atoms with van der Waals surface area (Å²) in [5.41, 5.74) is 1.28. The summed E-state index contributed by atoms with van der Waals surface area (Å²) in [7, 11) is 1.28. The number of halogens is 4. The second-order valence-corrected chi connectivity index (χ2v) is 6.44. The Labute approximate surface area is 171 Å². The molecule has 0 fully saturated rings. The van der Waals surface area contributed by atoms with Crippen LogP contribution < -0.4 is 4.90 Å². The number of oxime groups is 1. The molecular formula is C18H21ClF3N5O2. The highest BCUT2D eigenvalue weighted by Crippen LogP contribution is 2.27. The van der Waals surface area contributed by atoms with Crippen molar-refractivity contribution in [2.45, 2.75) is 38.8 Å². The monoisotopic (exact) mass is 431 g/mol. The second kappa shape index (κ2) is 10.2. The van der Waals surface area contributed by atoms with Crippen LogP contribution in [-0.2, 0) is 9.63 Å². The first kappa shape index (κ1) is 22.7. The van der Waals surface area contributed by atoms with Crippen LogP contribution in [0.2, 0.25) is 5.15 Å². The molecule has 0 saturated carbocycles. The summed E-state index contributed by atoms with van der Waals surface area (Å²) in [4.78, 5) is 22.9. The van der Waals surface area contributed by atoms with Gasteiger partial charge in [0, 0.05) is 19.2 Å². The zero-order valence-corrected chi connectivity index (χ0v) is 16.7. The zero-order valence-electron chi connectivity index (χ0n) is 16.0. The lowest BCUT2D eigenvalue weighted by atomic mass is 10.1. The van der Waals surface area contributed by atoms with Crippen LogP contribution in [0.1, 0.15) is 32.6 Å². The number of amides is 1. The molecule has 2 aromatic heterocycles. The standard InChI is InChI=1S/C18H21ClF3N5O2/c1-3-26(15-12-27(24-17(15)19)14-7-5-9-23-11-14)16(28)10-13(25-29-2)6-4-8-18(20,21)22/h5,7,9,11-12H,3-4,6,8,10H2,1-2H3/b25-13+. The molecule has 0 spiro atoms. The average Bonchev–Trinajstić information content (AvgIpc) is 3.04. The molecule has 29 heavy (non-hydrogen) atoms. The number of aromatic nitrogens is 3. The molecule has 11 heteroatoms. The minimum absolute atomic E-state index is 0.000672. The van der Waals surface area contributed by atoms with E-state index in [9.17, 15) is 18.0 Å². The van der Waals surface area contributed by atoms with Crippen molar-refractivity contribution in [1.82, 2.24) is 14.8 Å². The van der Waals surface area contributed by atoms with Gasteiger partial charge in [-0.05, 0) is 31.9 Å². The summed E-state index contributed by atoms with van der Waals surface area (Å²) in [6, 6.07) is 3.52. The number of hydrogen-bond acceptors (Lipinski definition) is 5. The summed E-state index contributed by atoms with van der Waals surface area (Å²) >= 11 is 6.22. The number of pyridine rings is 1. The van der Waals surface area contributed by atoms with Crippen molar-refractivity contribution in [2.75, 3.05) is 18.6 Å². The molecule has 2 heterocycles. The molecule has 158 valence electrons. The van der Waals surface area contributed by atoms with Gasteiger partial charge >= 0.3 is 6.18 Å². The summed E-state index contributed by atoms with van der Waals surface area (Å²) in [6.07, 6.45) is -0.769. The fourth-order valence-corrected chi connectivity index (χ4v) is 2.92. The van der Waals surface area contributed by atoms with Crippen LogP contribution in [0.3, 0.4) is 0 Å². The molecule has 2 aromatic rings. The number of nitrogens with zero attached hydrogens (tertiary/aromatic N) is 5. The van der Waals surface area contributed by atoms with Gasteiger partial charge in [-0.1, -0.05) is 16.8 Å². The van der Waals surface area contributed by atoms with Gasteiger partial charge in [0.05, 0.1) is 30.2 Å². The SMILES string of the molecule is CCN(C(=O)C/C(CCCC(F)(F)F)=N/OC)c1cn(-c2cccnc2)nc1Cl. The fraction of sp³-hybridized carbons (Fsp3) is 0.444. The zero-order chi connectivity index (χ0) is 21.4. The first-order chi connectivity index (χ1) is 13.7. The lowest BCUT2D eigenvalue weighted by Crippen LogP contribution is -2.32. The maximum absolute atomic E-state index is 12.8. The molecule has 0 aliphatic carbocycles. The Morgan fingerprint density at radius 1 is 1.41 bits per heavy atom. The van der Waals surface area contributed by atoms with Crippen molar-refractivity contribution in [2.24, 2.45) is 5.16 Å². The Hall–Kier alpha value is -2.62. The maximum Gasteiger partial charge on any atom is 0.389 e. The first-order valence-corrected chi connectivity index (χ1v) is 9.24. The summed E-state index contributed by atoms with van der Waals surface area (Å²) in [5.74, 6) is -0.372. The molecule has 0 radical (unpaired) electrons. The number of carbonyl (C=O) groups is 1. The van der Waals surface area contributed by atoms with Gasteiger partial charge in [0.2, 0.25) is 5.91 Å². The highest BCUT2D eigenvalue weighted by atomic mass is 35.5. The van der Waals surface area contributed by atoms with E-state index in [4.69, 9.17) is 11.6 Å². The van der Waals surface area contributed by atoms with Crippen molar-refractivity contribution < 1.29 is 22.8 Å². The summed E-state index contributed by atoms with van der Waals surface area (Å²) in [6.45, 7) is 2.05. The van der Waals surface area contributed by atoms with E-state index in [-0.39, 0.29) is 36.0 Å². The first-order valence-electron chi connectivity index (χ1n) is 8.86. The van der Waals surface area contributed by atoms with E-state index >= 15 is 0 Å². The van der Waals surface area contributed by atoms with E-state index in [1.54, 1.807) is 37.6 Å². The lowest BCUT2D eigenvalue weighted by molar-refractivity contribution is -0.135. The molecule has 0 aliphatic heterocycles. The predicted octanol–water partition coefficient (Wildman–Crippen LogP) is 4.40. The van der Waals surface area contributed by atoms with Crippen LogP contribution in [0.5, 0.6) is 0 Å². The van der Waals surface area contributed by atoms with Crippen molar-refractivity contribution in [3.05, 3.63) is 35.9 Å². The molecule has 2 rings (SSSR count). The average molecular weight is 432 g/mol. The Kier molecular flexibility index (Phi) is 8.00. The van der Waals surface area contributed by atoms with E-state index in [0.717, 1.165) is 0 Å². The normalized spacial score (nSPS) is 12.1. The van der Waals surface area contributed by atoms with Gasteiger partial charge in [-0.2, -0.15) is 18.3 Å². The predicted molar refractivity (Wildman–Crippen MR) is 103 cm³/mol. The van der Waals surface area contributed by atoms with Gasteiger partial charge in [0.25, 0.3) is 0 Å². The molecule has 7 nitrogen and oxygen atoms in total. The molecule has 0 aromatic carbocycles. The van der Waals surface area contributed by atoms with Gasteiger partial charge in [-0.3, -0.25) is 9.78 Å². The largest absolute Gasteiger partial charge is 0.399 e. The van der Waals surface area contributed by atoms with Crippen molar-refractivity contribution >= 4 is 28.9 Å². The minimum Gasteiger partial charge on any atom is -0.399 e. The van der Waals surface area contributed by atoms with E-state index < -0.39 is 12.6 Å². The number of hydrogen-bond donors (Lipinski definition) is 0. The molecule has 0 bridgehead atoms. The van der Waals surface area contributed by atoms with Gasteiger partial charge in [-0.25, -0.2) is 4.68 Å². The molecular weight excluding hydrogens is 411 g/mol. The maximum atomic E-state index is 12.8. The number of anilines is 1. The van der Waals surface area contributed by atoms with Crippen molar-refractivity contribution in [3.8, 4) is 5.69 Å². The third-order valence-corrected chi connectivity index (χ3v) is 4.24. The van der Waals surface area contributed by atoms with Gasteiger partial charge in [-0.15, -0.1) is 0 Å². The Morgan fingerprint density at radius 2 is 2.17 bits per heavy atom. The topological polar surface area (TPSA) is 72.6 Å². The van der Waals surface area contributed by atoms with Gasteiger partial charge in [0.15, 0.2) is 5.15 Å². The Morgan fingerprint density at radius 3 is 2.76 bits per heavy atom. The second-order valence-electron chi connectivity index (χ2n) is 6.08. The fourth-order valence-electron chi connectivity index (χ4n) is 2.69. The molecule has 0 atom stereocenters. The summed E-state index contributed by atoms with van der Waals surface area (Å²) in [5, 5.41) is 8.02. The van der Waals surface area contributed by atoms with E-state index in [2.05, 4.69) is 20.1 Å². The number of carbonyl (C=O) groups excluding carboxylic acids is 1. The van der Waals surface area contributed by atoms with Crippen LogP contribution in [0.4, 0.5) is 18.9 Å². The van der Waals surface area contributed by atoms with E-state index in [0.29, 0.717) is 17.9 Å². The third-order valence-electron chi connectivity index (χ3n) is 3.97. The van der Waals surface area contributed by atoms with Gasteiger partial charge in [0.1, 0.15) is 12.8 Å². The van der Waals surface area contributed by atoms with Crippen LogP contribution in [0.15, 0.2) is 35.9 Å². The molecule has 0 unspecified atom stereocenters. The van der Waals surface area contributed by atoms with E-state index in [1.807, 2.05) is 0 Å². The van der Waals surface area contributed by atoms with E-state index in [1.165, 1.54) is 16.7 Å². The van der Waals surface area contributed by atoms with Crippen molar-refractivity contribution in [3.63, 3.8) is 0 Å². The van der Waals surface area contributed by atoms with Gasteiger partial charge < -0.3 is 9.74 Å². The van der Waals surface area contributed by atoms with Crippen LogP contribution >= 0.6 is 11.6 Å². The minimum atomic E-state index is -4.26. The smallest absolute Gasteiger partial charge is 0.389 e. The summed E-state index contributed by atoms with van der Waals surface area (Å²) < 4.78 is 38.6. The molecule has 0 saturated heterocycles. The molecule has 1 amide bonds. The van der Waals surface area contributed by atoms with Crippen molar-refractivity contribution in [1.29, 1.82) is 0 Å². The molecule has 0 N–H and O–H groups in total. The van der Waals surface area contributed by atoms with Crippen LogP contribution in [0.25, 0.3) is 5.69 Å². The van der Waals surface area contributed by atoms with Crippen LogP contribution in [-0.4, -0.2) is 46.2 Å². The lowest BCUT2D eigenvalue weighted by Gasteiger charge is -2.20. The Balaban J connectivity index is 2.13. The third kappa shape index (κ3) is 6.74. The number of alkyl halides is 3. The molecule has 0 aliphatic rings. The number of rotatable bonds is 9. The quantitative estimate of drug-likeness (QED) is 0.436. The highest BCUT2D eigenvalue weighted by Gasteiger charge is 2.27. The Bertz CT molecular complexity index is 840. The van der Waals surface area contributed by atoms with Crippen LogP contribution in [0, 0.1) is 0 Å². The highest BCUT2D eigenvalue weighted by molar-refractivity contribution is 6.32.